The number of benzene rings is 1. The normalized spacial score (nSPS) is 13.4. The Balaban J connectivity index is 2.97. The molecule has 1 nitrogen and oxygen atoms in total. The maximum Gasteiger partial charge on any atom is 0.126 e. The molecule has 0 fully saturated rings. The van der Waals surface area contributed by atoms with E-state index in [1.807, 2.05) is 19.9 Å². The molecule has 1 atom stereocenters. The Kier molecular flexibility index (Phi) is 3.04. The first-order chi connectivity index (χ1) is 6.02. The second-order valence-electron chi connectivity index (χ2n) is 3.78. The highest BCUT2D eigenvalue weighted by atomic mass is 19.1. The molecule has 2 heteroatoms. The van der Waals surface area contributed by atoms with E-state index in [0.717, 1.165) is 5.56 Å². The van der Waals surface area contributed by atoms with Crippen molar-refractivity contribution in [3.8, 4) is 0 Å². The van der Waals surface area contributed by atoms with Gasteiger partial charge in [-0.2, -0.15) is 0 Å². The molecule has 0 aliphatic heterocycles. The zero-order chi connectivity index (χ0) is 10.0. The van der Waals surface area contributed by atoms with Crippen LogP contribution in [0.1, 0.15) is 31.0 Å². The molecular weight excluding hydrogens is 165 g/mol. The molecule has 0 aliphatic rings. The molecule has 0 saturated heterocycles. The van der Waals surface area contributed by atoms with Crippen molar-refractivity contribution in [1.82, 2.24) is 0 Å². The van der Waals surface area contributed by atoms with Gasteiger partial charge in [0.05, 0.1) is 0 Å². The Morgan fingerprint density at radius 3 is 2.38 bits per heavy atom. The van der Waals surface area contributed by atoms with Gasteiger partial charge < -0.3 is 5.73 Å². The minimum Gasteiger partial charge on any atom is -0.324 e. The van der Waals surface area contributed by atoms with E-state index in [-0.39, 0.29) is 11.9 Å². The summed E-state index contributed by atoms with van der Waals surface area (Å²) in [6.07, 6.45) is 0. The first kappa shape index (κ1) is 10.2. The van der Waals surface area contributed by atoms with Gasteiger partial charge in [0.25, 0.3) is 0 Å². The van der Waals surface area contributed by atoms with Gasteiger partial charge >= 0.3 is 0 Å². The third kappa shape index (κ3) is 2.28. The predicted octanol–water partition coefficient (Wildman–Crippen LogP) is 2.79. The lowest BCUT2D eigenvalue weighted by atomic mass is 9.96. The Hall–Kier alpha value is -0.890. The Morgan fingerprint density at radius 1 is 1.31 bits per heavy atom. The second kappa shape index (κ2) is 3.88. The summed E-state index contributed by atoms with van der Waals surface area (Å²) < 4.78 is 13.1. The standard InChI is InChI=1S/C11H16FN/c1-7(2)11(13)9-5-4-8(3)10(12)6-9/h4-7,11H,13H2,1-3H3/t11-/m1/s1. The summed E-state index contributed by atoms with van der Waals surface area (Å²) in [5.41, 5.74) is 7.43. The van der Waals surface area contributed by atoms with E-state index >= 15 is 0 Å². The molecule has 0 aromatic heterocycles. The smallest absolute Gasteiger partial charge is 0.126 e. The second-order valence-corrected chi connectivity index (χ2v) is 3.78. The maximum absolute atomic E-state index is 13.1. The fourth-order valence-electron chi connectivity index (χ4n) is 1.20. The molecule has 0 unspecified atom stereocenters. The van der Waals surface area contributed by atoms with Crippen LogP contribution in [0.5, 0.6) is 0 Å². The molecule has 1 aromatic rings. The van der Waals surface area contributed by atoms with Crippen LogP contribution in [0.15, 0.2) is 18.2 Å². The highest BCUT2D eigenvalue weighted by Gasteiger charge is 2.11. The number of rotatable bonds is 2. The lowest BCUT2D eigenvalue weighted by Crippen LogP contribution is -2.16. The number of aryl methyl sites for hydroxylation is 1. The van der Waals surface area contributed by atoms with E-state index in [9.17, 15) is 4.39 Å². The van der Waals surface area contributed by atoms with Crippen LogP contribution in [-0.4, -0.2) is 0 Å². The highest BCUT2D eigenvalue weighted by molar-refractivity contribution is 5.25. The zero-order valence-electron chi connectivity index (χ0n) is 8.34. The molecule has 72 valence electrons. The van der Waals surface area contributed by atoms with Gasteiger partial charge in [0.15, 0.2) is 0 Å². The Labute approximate surface area is 78.8 Å². The molecule has 2 N–H and O–H groups in total. The third-order valence-corrected chi connectivity index (χ3v) is 2.30. The molecular formula is C11H16FN. The van der Waals surface area contributed by atoms with Gasteiger partial charge in [0.2, 0.25) is 0 Å². The first-order valence-corrected chi connectivity index (χ1v) is 4.54. The summed E-state index contributed by atoms with van der Waals surface area (Å²) in [5.74, 6) is 0.163. The van der Waals surface area contributed by atoms with Crippen LogP contribution < -0.4 is 5.73 Å². The van der Waals surface area contributed by atoms with Crippen LogP contribution in [0, 0.1) is 18.7 Å². The summed E-state index contributed by atoms with van der Waals surface area (Å²) in [6, 6.07) is 5.12. The number of nitrogens with two attached hydrogens (primary N) is 1. The van der Waals surface area contributed by atoms with E-state index in [1.165, 1.54) is 6.07 Å². The zero-order valence-corrected chi connectivity index (χ0v) is 8.34. The van der Waals surface area contributed by atoms with Crippen LogP contribution in [-0.2, 0) is 0 Å². The average Bonchev–Trinajstić information content (AvgIpc) is 2.08. The van der Waals surface area contributed by atoms with Gasteiger partial charge in [0, 0.05) is 6.04 Å². The summed E-state index contributed by atoms with van der Waals surface area (Å²) in [6.45, 7) is 5.81. The summed E-state index contributed by atoms with van der Waals surface area (Å²) in [4.78, 5) is 0. The van der Waals surface area contributed by atoms with Gasteiger partial charge in [-0.15, -0.1) is 0 Å². The molecule has 13 heavy (non-hydrogen) atoms. The van der Waals surface area contributed by atoms with Crippen molar-refractivity contribution in [2.24, 2.45) is 11.7 Å². The maximum atomic E-state index is 13.1. The topological polar surface area (TPSA) is 26.0 Å². The Bertz CT molecular complexity index is 294. The van der Waals surface area contributed by atoms with Crippen molar-refractivity contribution in [3.05, 3.63) is 35.1 Å². The molecule has 0 saturated carbocycles. The van der Waals surface area contributed by atoms with Crippen LogP contribution in [0.2, 0.25) is 0 Å². The number of halogens is 1. The van der Waals surface area contributed by atoms with Crippen molar-refractivity contribution in [2.45, 2.75) is 26.8 Å². The average molecular weight is 181 g/mol. The lowest BCUT2D eigenvalue weighted by molar-refractivity contribution is 0.509. The first-order valence-electron chi connectivity index (χ1n) is 4.54. The summed E-state index contributed by atoms with van der Waals surface area (Å²) >= 11 is 0. The molecule has 0 aliphatic carbocycles. The molecule has 0 bridgehead atoms. The van der Waals surface area contributed by atoms with Gasteiger partial charge in [-0.25, -0.2) is 4.39 Å². The third-order valence-electron chi connectivity index (χ3n) is 2.30. The summed E-state index contributed by atoms with van der Waals surface area (Å²) in [5, 5.41) is 0. The fourth-order valence-corrected chi connectivity index (χ4v) is 1.20. The minimum absolute atomic E-state index is 0.0740. The molecule has 0 spiro atoms. The largest absolute Gasteiger partial charge is 0.324 e. The highest BCUT2D eigenvalue weighted by Crippen LogP contribution is 2.20. The van der Waals surface area contributed by atoms with Crippen LogP contribution >= 0.6 is 0 Å². The van der Waals surface area contributed by atoms with Gasteiger partial charge in [0.1, 0.15) is 5.82 Å². The SMILES string of the molecule is Cc1ccc([C@H](N)C(C)C)cc1F. The summed E-state index contributed by atoms with van der Waals surface area (Å²) in [7, 11) is 0. The van der Waals surface area contributed by atoms with Crippen LogP contribution in [0.3, 0.4) is 0 Å². The van der Waals surface area contributed by atoms with Gasteiger partial charge in [-0.05, 0) is 30.0 Å². The van der Waals surface area contributed by atoms with Gasteiger partial charge in [-0.3, -0.25) is 0 Å². The van der Waals surface area contributed by atoms with Crippen molar-refractivity contribution in [3.63, 3.8) is 0 Å². The monoisotopic (exact) mass is 181 g/mol. The van der Waals surface area contributed by atoms with E-state index in [0.29, 0.717) is 11.5 Å². The van der Waals surface area contributed by atoms with Crippen molar-refractivity contribution in [1.29, 1.82) is 0 Å². The van der Waals surface area contributed by atoms with Crippen molar-refractivity contribution < 1.29 is 4.39 Å². The fraction of sp³-hybridized carbons (Fsp3) is 0.455. The number of hydrogen-bond donors (Lipinski definition) is 1. The van der Waals surface area contributed by atoms with Crippen LogP contribution in [0.25, 0.3) is 0 Å². The lowest BCUT2D eigenvalue weighted by Gasteiger charge is -2.16. The van der Waals surface area contributed by atoms with Crippen molar-refractivity contribution in [2.75, 3.05) is 0 Å². The van der Waals surface area contributed by atoms with Crippen molar-refractivity contribution >= 4 is 0 Å². The molecule has 1 rings (SSSR count). The predicted molar refractivity (Wildman–Crippen MR) is 52.9 cm³/mol. The number of hydrogen-bond acceptors (Lipinski definition) is 1. The molecule has 0 amide bonds. The van der Waals surface area contributed by atoms with Crippen LogP contribution in [0.4, 0.5) is 4.39 Å². The van der Waals surface area contributed by atoms with E-state index < -0.39 is 0 Å². The molecule has 0 radical (unpaired) electrons. The molecule has 1 aromatic carbocycles. The van der Waals surface area contributed by atoms with E-state index in [4.69, 9.17) is 5.73 Å². The van der Waals surface area contributed by atoms with Gasteiger partial charge in [-0.1, -0.05) is 26.0 Å². The van der Waals surface area contributed by atoms with E-state index in [2.05, 4.69) is 0 Å². The van der Waals surface area contributed by atoms with E-state index in [1.54, 1.807) is 13.0 Å². The minimum atomic E-state index is -0.173. The quantitative estimate of drug-likeness (QED) is 0.746. The Morgan fingerprint density at radius 2 is 1.92 bits per heavy atom. The molecule has 0 heterocycles.